The van der Waals surface area contributed by atoms with Crippen molar-refractivity contribution in [2.45, 2.75) is 57.9 Å². The van der Waals surface area contributed by atoms with Crippen LogP contribution in [0.15, 0.2) is 24.3 Å². The summed E-state index contributed by atoms with van der Waals surface area (Å²) in [6.45, 7) is 6.77. The van der Waals surface area contributed by atoms with Crippen molar-refractivity contribution in [2.75, 3.05) is 39.4 Å². The Kier molecular flexibility index (Phi) is 7.03. The average molecular weight is 385 g/mol. The molecule has 3 aliphatic rings. The SMILES string of the molecule is O=C(C1CCCCC1)N1CCC(Cc2ccc(CN3CCOCC3)cc2)CC1. The highest BCUT2D eigenvalue weighted by Gasteiger charge is 2.29. The second-order valence-corrected chi connectivity index (χ2v) is 9.01. The third kappa shape index (κ3) is 5.36. The van der Waals surface area contributed by atoms with Crippen LogP contribution in [-0.4, -0.2) is 55.1 Å². The van der Waals surface area contributed by atoms with Crippen LogP contribution in [-0.2, 0) is 22.5 Å². The lowest BCUT2D eigenvalue weighted by Gasteiger charge is -2.35. The first-order valence-electron chi connectivity index (χ1n) is 11.4. The number of carbonyl (C=O) groups excluding carboxylic acids is 1. The van der Waals surface area contributed by atoms with E-state index in [9.17, 15) is 4.79 Å². The summed E-state index contributed by atoms with van der Waals surface area (Å²) in [5.74, 6) is 1.50. The number of morpholine rings is 1. The van der Waals surface area contributed by atoms with Gasteiger partial charge in [0.05, 0.1) is 13.2 Å². The monoisotopic (exact) mass is 384 g/mol. The summed E-state index contributed by atoms with van der Waals surface area (Å²) in [5, 5.41) is 0. The second-order valence-electron chi connectivity index (χ2n) is 9.01. The molecule has 1 aliphatic carbocycles. The third-order valence-electron chi connectivity index (χ3n) is 6.94. The Morgan fingerprint density at radius 3 is 2.18 bits per heavy atom. The van der Waals surface area contributed by atoms with Gasteiger partial charge in [-0.3, -0.25) is 9.69 Å². The van der Waals surface area contributed by atoms with Gasteiger partial charge in [-0.2, -0.15) is 0 Å². The van der Waals surface area contributed by atoms with E-state index >= 15 is 0 Å². The maximum Gasteiger partial charge on any atom is 0.225 e. The van der Waals surface area contributed by atoms with Crippen molar-refractivity contribution in [3.05, 3.63) is 35.4 Å². The first-order chi connectivity index (χ1) is 13.8. The van der Waals surface area contributed by atoms with E-state index in [1.165, 1.54) is 30.4 Å². The highest BCUT2D eigenvalue weighted by molar-refractivity contribution is 5.79. The van der Waals surface area contributed by atoms with Gasteiger partial charge < -0.3 is 9.64 Å². The minimum absolute atomic E-state index is 0.323. The number of piperidine rings is 1. The van der Waals surface area contributed by atoms with Crippen molar-refractivity contribution in [1.82, 2.24) is 9.80 Å². The molecule has 2 aliphatic heterocycles. The molecule has 2 saturated heterocycles. The predicted molar refractivity (Wildman–Crippen MR) is 112 cm³/mol. The largest absolute Gasteiger partial charge is 0.379 e. The van der Waals surface area contributed by atoms with Crippen LogP contribution >= 0.6 is 0 Å². The number of ether oxygens (including phenoxy) is 1. The van der Waals surface area contributed by atoms with Crippen LogP contribution in [0.4, 0.5) is 0 Å². The highest BCUT2D eigenvalue weighted by atomic mass is 16.5. The molecular formula is C24H36N2O2. The van der Waals surface area contributed by atoms with Crippen LogP contribution in [0.2, 0.25) is 0 Å². The van der Waals surface area contributed by atoms with Gasteiger partial charge in [0.15, 0.2) is 0 Å². The Bertz CT molecular complexity index is 610. The van der Waals surface area contributed by atoms with E-state index < -0.39 is 0 Å². The first kappa shape index (κ1) is 19.9. The van der Waals surface area contributed by atoms with Crippen molar-refractivity contribution in [3.63, 3.8) is 0 Å². The fourth-order valence-corrected chi connectivity index (χ4v) is 5.10. The van der Waals surface area contributed by atoms with Gasteiger partial charge in [-0.15, -0.1) is 0 Å². The molecule has 0 spiro atoms. The fraction of sp³-hybridized carbons (Fsp3) is 0.708. The molecule has 4 rings (SSSR count). The normalized spacial score (nSPS) is 23.1. The molecule has 0 atom stereocenters. The topological polar surface area (TPSA) is 32.8 Å². The molecule has 1 aromatic rings. The number of amides is 1. The van der Waals surface area contributed by atoms with Crippen LogP contribution in [0.25, 0.3) is 0 Å². The van der Waals surface area contributed by atoms with Gasteiger partial charge in [0.2, 0.25) is 5.91 Å². The standard InChI is InChI=1S/C24H36N2O2/c27-24(23-4-2-1-3-5-23)26-12-10-21(11-13-26)18-20-6-8-22(9-7-20)19-25-14-16-28-17-15-25/h6-9,21,23H,1-5,10-19H2. The molecule has 2 heterocycles. The van der Waals surface area contributed by atoms with Crippen LogP contribution in [0.1, 0.15) is 56.1 Å². The molecular weight excluding hydrogens is 348 g/mol. The molecule has 4 heteroatoms. The summed E-state index contributed by atoms with van der Waals surface area (Å²) in [6.07, 6.45) is 9.52. The minimum atomic E-state index is 0.323. The second kappa shape index (κ2) is 9.89. The number of rotatable bonds is 5. The molecule has 1 aromatic carbocycles. The van der Waals surface area contributed by atoms with Crippen LogP contribution < -0.4 is 0 Å². The Labute approximate surface area is 170 Å². The number of nitrogens with zero attached hydrogens (tertiary/aromatic N) is 2. The molecule has 4 nitrogen and oxygen atoms in total. The molecule has 154 valence electrons. The minimum Gasteiger partial charge on any atom is -0.379 e. The Morgan fingerprint density at radius 2 is 1.50 bits per heavy atom. The zero-order chi connectivity index (χ0) is 19.2. The van der Waals surface area contributed by atoms with Gasteiger partial charge in [0, 0.05) is 38.6 Å². The number of hydrogen-bond donors (Lipinski definition) is 0. The summed E-state index contributed by atoms with van der Waals surface area (Å²) in [6, 6.07) is 9.23. The third-order valence-corrected chi connectivity index (χ3v) is 6.94. The lowest BCUT2D eigenvalue weighted by molar-refractivity contribution is -0.138. The first-order valence-corrected chi connectivity index (χ1v) is 11.4. The highest BCUT2D eigenvalue weighted by Crippen LogP contribution is 2.28. The van der Waals surface area contributed by atoms with E-state index in [0.717, 1.165) is 84.0 Å². The summed E-state index contributed by atoms with van der Waals surface area (Å²) in [7, 11) is 0. The van der Waals surface area contributed by atoms with E-state index in [1.807, 2.05) is 0 Å². The van der Waals surface area contributed by atoms with Crippen molar-refractivity contribution in [2.24, 2.45) is 11.8 Å². The molecule has 0 N–H and O–H groups in total. The van der Waals surface area contributed by atoms with Crippen molar-refractivity contribution in [3.8, 4) is 0 Å². The van der Waals surface area contributed by atoms with Gasteiger partial charge in [0.25, 0.3) is 0 Å². The predicted octanol–water partition coefficient (Wildman–Crippen LogP) is 3.88. The van der Waals surface area contributed by atoms with Gasteiger partial charge >= 0.3 is 0 Å². The molecule has 28 heavy (non-hydrogen) atoms. The molecule has 1 saturated carbocycles. The molecule has 3 fully saturated rings. The quantitative estimate of drug-likeness (QED) is 0.772. The number of likely N-dealkylation sites (tertiary alicyclic amines) is 1. The Balaban J connectivity index is 1.21. The number of benzene rings is 1. The Hall–Kier alpha value is -1.39. The lowest BCUT2D eigenvalue weighted by Crippen LogP contribution is -2.42. The van der Waals surface area contributed by atoms with Crippen molar-refractivity contribution in [1.29, 1.82) is 0 Å². The molecule has 0 bridgehead atoms. The zero-order valence-corrected chi connectivity index (χ0v) is 17.3. The summed E-state index contributed by atoms with van der Waals surface area (Å²) in [4.78, 5) is 17.4. The van der Waals surface area contributed by atoms with Crippen LogP contribution in [0.3, 0.4) is 0 Å². The van der Waals surface area contributed by atoms with Gasteiger partial charge in [-0.25, -0.2) is 0 Å². The van der Waals surface area contributed by atoms with Crippen molar-refractivity contribution >= 4 is 5.91 Å². The smallest absolute Gasteiger partial charge is 0.225 e. The van der Waals surface area contributed by atoms with E-state index in [4.69, 9.17) is 4.74 Å². The summed E-state index contributed by atoms with van der Waals surface area (Å²) >= 11 is 0. The maximum atomic E-state index is 12.7. The number of carbonyl (C=O) groups is 1. The number of hydrogen-bond acceptors (Lipinski definition) is 3. The summed E-state index contributed by atoms with van der Waals surface area (Å²) < 4.78 is 5.43. The molecule has 0 aromatic heterocycles. The van der Waals surface area contributed by atoms with E-state index in [1.54, 1.807) is 0 Å². The molecule has 1 amide bonds. The van der Waals surface area contributed by atoms with E-state index in [2.05, 4.69) is 34.1 Å². The van der Waals surface area contributed by atoms with Crippen LogP contribution in [0, 0.1) is 11.8 Å². The fourth-order valence-electron chi connectivity index (χ4n) is 5.10. The lowest BCUT2D eigenvalue weighted by atomic mass is 9.86. The summed E-state index contributed by atoms with van der Waals surface area (Å²) in [5.41, 5.74) is 2.85. The van der Waals surface area contributed by atoms with Crippen molar-refractivity contribution < 1.29 is 9.53 Å². The van der Waals surface area contributed by atoms with Crippen LogP contribution in [0.5, 0.6) is 0 Å². The maximum absolute atomic E-state index is 12.7. The van der Waals surface area contributed by atoms with Gasteiger partial charge in [-0.1, -0.05) is 43.5 Å². The Morgan fingerprint density at radius 1 is 0.857 bits per heavy atom. The average Bonchev–Trinajstić information content (AvgIpc) is 2.76. The van der Waals surface area contributed by atoms with E-state index in [-0.39, 0.29) is 0 Å². The molecule has 0 unspecified atom stereocenters. The molecule has 0 radical (unpaired) electrons. The zero-order valence-electron chi connectivity index (χ0n) is 17.3. The van der Waals surface area contributed by atoms with Gasteiger partial charge in [0.1, 0.15) is 0 Å². The van der Waals surface area contributed by atoms with Gasteiger partial charge in [-0.05, 0) is 49.1 Å². The van der Waals surface area contributed by atoms with E-state index in [0.29, 0.717) is 11.8 Å².